The van der Waals surface area contributed by atoms with Crippen LogP contribution in [-0.4, -0.2) is 96.7 Å². The molecule has 0 fully saturated rings. The molecule has 101 heavy (non-hydrogen) atoms. The van der Waals surface area contributed by atoms with Gasteiger partial charge in [-0.15, -0.1) is 0 Å². The molecule has 0 aromatic rings. The summed E-state index contributed by atoms with van der Waals surface area (Å²) < 4.78 is 68.7. The Bertz CT molecular complexity index is 1940. The van der Waals surface area contributed by atoms with Crippen LogP contribution in [0.15, 0.2) is 0 Å². The molecule has 0 aliphatic carbocycles. The monoisotopic (exact) mass is 1480 g/mol. The van der Waals surface area contributed by atoms with E-state index in [9.17, 15) is 43.2 Å². The van der Waals surface area contributed by atoms with Crippen LogP contribution in [0.25, 0.3) is 0 Å². The first-order chi connectivity index (χ1) is 48.9. The molecule has 0 aromatic heterocycles. The van der Waals surface area contributed by atoms with Gasteiger partial charge in [0.25, 0.3) is 0 Å². The van der Waals surface area contributed by atoms with Gasteiger partial charge in [-0.25, -0.2) is 9.13 Å². The molecule has 0 saturated carbocycles. The van der Waals surface area contributed by atoms with E-state index in [4.69, 9.17) is 37.0 Å². The number of hydrogen-bond acceptors (Lipinski definition) is 15. The first-order valence-electron chi connectivity index (χ1n) is 42.5. The van der Waals surface area contributed by atoms with Crippen molar-refractivity contribution in [2.45, 2.75) is 452 Å². The molecule has 3 N–H and O–H groups in total. The van der Waals surface area contributed by atoms with E-state index in [-0.39, 0.29) is 25.7 Å². The first kappa shape index (κ1) is 99.1. The largest absolute Gasteiger partial charge is 0.472 e. The van der Waals surface area contributed by atoms with E-state index in [2.05, 4.69) is 41.5 Å². The predicted molar refractivity (Wildman–Crippen MR) is 414 cm³/mol. The van der Waals surface area contributed by atoms with Crippen LogP contribution in [0, 0.1) is 11.8 Å². The number of phosphoric ester groups is 2. The van der Waals surface area contributed by atoms with Crippen molar-refractivity contribution >= 4 is 39.5 Å². The van der Waals surface area contributed by atoms with Crippen molar-refractivity contribution in [1.29, 1.82) is 0 Å². The van der Waals surface area contributed by atoms with Crippen molar-refractivity contribution in [3.05, 3.63) is 0 Å². The molecule has 5 atom stereocenters. The van der Waals surface area contributed by atoms with Crippen LogP contribution in [0.3, 0.4) is 0 Å². The molecular formula is C82H160O17P2. The molecule has 0 aliphatic heterocycles. The Balaban J connectivity index is 5.19. The average molecular weight is 1480 g/mol. The smallest absolute Gasteiger partial charge is 0.462 e. The molecule has 0 spiro atoms. The van der Waals surface area contributed by atoms with Gasteiger partial charge in [0.2, 0.25) is 0 Å². The van der Waals surface area contributed by atoms with Crippen molar-refractivity contribution in [2.24, 2.45) is 11.8 Å². The fraction of sp³-hybridized carbons (Fsp3) is 0.951. The summed E-state index contributed by atoms with van der Waals surface area (Å²) in [6, 6.07) is 0. The highest BCUT2D eigenvalue weighted by Crippen LogP contribution is 2.45. The van der Waals surface area contributed by atoms with Crippen LogP contribution >= 0.6 is 15.6 Å². The van der Waals surface area contributed by atoms with Gasteiger partial charge in [-0.2, -0.15) is 0 Å². The lowest BCUT2D eigenvalue weighted by Crippen LogP contribution is -2.30. The zero-order chi connectivity index (χ0) is 74.2. The number of aliphatic hydroxyl groups excluding tert-OH is 1. The zero-order valence-corrected chi connectivity index (χ0v) is 68.0. The lowest BCUT2D eigenvalue weighted by Gasteiger charge is -2.21. The molecule has 0 aliphatic rings. The summed E-state index contributed by atoms with van der Waals surface area (Å²) in [5.74, 6) is -0.598. The number of unbranched alkanes of at least 4 members (excludes halogenated alkanes) is 51. The number of rotatable bonds is 81. The number of hydrogen-bond donors (Lipinski definition) is 3. The Morgan fingerprint density at radius 3 is 0.673 bits per heavy atom. The highest BCUT2D eigenvalue weighted by atomic mass is 31.2. The van der Waals surface area contributed by atoms with Gasteiger partial charge in [0.05, 0.1) is 26.4 Å². The summed E-state index contributed by atoms with van der Waals surface area (Å²) in [5, 5.41) is 10.6. The molecule has 0 rings (SSSR count). The zero-order valence-electron chi connectivity index (χ0n) is 66.2. The molecule has 0 heterocycles. The Morgan fingerprint density at radius 1 is 0.267 bits per heavy atom. The summed E-state index contributed by atoms with van der Waals surface area (Å²) in [5.41, 5.74) is 0. The summed E-state index contributed by atoms with van der Waals surface area (Å²) in [6.07, 6.45) is 64.1. The predicted octanol–water partition coefficient (Wildman–Crippen LogP) is 24.7. The van der Waals surface area contributed by atoms with Gasteiger partial charge in [-0.3, -0.25) is 37.3 Å². The van der Waals surface area contributed by atoms with E-state index in [1.165, 1.54) is 244 Å². The van der Waals surface area contributed by atoms with Crippen LogP contribution in [-0.2, 0) is 65.4 Å². The SMILES string of the molecule is CCCCCCCCCCCCCCCCCCCCCCCCC(=O)O[C@H](COC(=O)CCCCCCCCCCCCCCCCCC(C)C)COP(=O)(O)OC[C@@H](O)COP(=O)(O)OC[C@@H](COC(=O)CCCCCCCCCC(C)C)OC(=O)CCCCCCCCCCCCC. The second-order valence-electron chi connectivity index (χ2n) is 30.5. The summed E-state index contributed by atoms with van der Waals surface area (Å²) >= 11 is 0. The van der Waals surface area contributed by atoms with Gasteiger partial charge in [-0.05, 0) is 37.5 Å². The molecule has 0 amide bonds. The number of phosphoric acid groups is 2. The van der Waals surface area contributed by atoms with Crippen molar-refractivity contribution in [2.75, 3.05) is 39.6 Å². The normalized spacial score (nSPS) is 13.9. The van der Waals surface area contributed by atoms with Crippen LogP contribution < -0.4 is 0 Å². The van der Waals surface area contributed by atoms with E-state index in [1.54, 1.807) is 0 Å². The summed E-state index contributed by atoms with van der Waals surface area (Å²) in [7, 11) is -9.92. The van der Waals surface area contributed by atoms with E-state index < -0.39 is 97.5 Å². The minimum atomic E-state index is -4.96. The molecular weight excluding hydrogens is 1320 g/mol. The Morgan fingerprint density at radius 2 is 0.455 bits per heavy atom. The van der Waals surface area contributed by atoms with E-state index >= 15 is 0 Å². The lowest BCUT2D eigenvalue weighted by molar-refractivity contribution is -0.161. The Labute approximate surface area is 619 Å². The van der Waals surface area contributed by atoms with Crippen LogP contribution in [0.4, 0.5) is 0 Å². The Kier molecular flexibility index (Phi) is 72.2. The Hall–Kier alpha value is -1.94. The van der Waals surface area contributed by atoms with Gasteiger partial charge >= 0.3 is 39.5 Å². The first-order valence-corrected chi connectivity index (χ1v) is 45.5. The third-order valence-electron chi connectivity index (χ3n) is 19.2. The average Bonchev–Trinajstić information content (AvgIpc) is 1.01. The van der Waals surface area contributed by atoms with E-state index in [0.29, 0.717) is 31.6 Å². The maximum Gasteiger partial charge on any atom is 0.472 e. The highest BCUT2D eigenvalue weighted by molar-refractivity contribution is 7.47. The minimum absolute atomic E-state index is 0.106. The molecule has 0 aromatic carbocycles. The fourth-order valence-corrected chi connectivity index (χ4v) is 14.3. The number of ether oxygens (including phenoxy) is 4. The number of carbonyl (C=O) groups excluding carboxylic acids is 4. The van der Waals surface area contributed by atoms with Crippen molar-refractivity contribution in [1.82, 2.24) is 0 Å². The molecule has 19 heteroatoms. The second-order valence-corrected chi connectivity index (χ2v) is 33.4. The third kappa shape index (κ3) is 76.1. The van der Waals surface area contributed by atoms with Crippen LogP contribution in [0.2, 0.25) is 0 Å². The van der Waals surface area contributed by atoms with E-state index in [1.807, 2.05) is 0 Å². The third-order valence-corrected chi connectivity index (χ3v) is 21.1. The maximum absolute atomic E-state index is 13.1. The number of carbonyl (C=O) groups is 4. The minimum Gasteiger partial charge on any atom is -0.462 e. The molecule has 0 saturated heterocycles. The van der Waals surface area contributed by atoms with Crippen molar-refractivity contribution in [3.8, 4) is 0 Å². The van der Waals surface area contributed by atoms with Crippen molar-refractivity contribution in [3.63, 3.8) is 0 Å². The molecule has 0 bridgehead atoms. The van der Waals surface area contributed by atoms with Gasteiger partial charge in [-0.1, -0.05) is 382 Å². The van der Waals surface area contributed by atoms with E-state index in [0.717, 1.165) is 102 Å². The number of aliphatic hydroxyl groups is 1. The number of esters is 4. The van der Waals surface area contributed by atoms with Crippen LogP contribution in [0.1, 0.15) is 433 Å². The van der Waals surface area contributed by atoms with Gasteiger partial charge < -0.3 is 33.8 Å². The van der Waals surface area contributed by atoms with Crippen molar-refractivity contribution < 1.29 is 80.2 Å². The summed E-state index contributed by atoms with van der Waals surface area (Å²) in [6.45, 7) is 9.60. The van der Waals surface area contributed by atoms with Gasteiger partial charge in [0.1, 0.15) is 19.3 Å². The fourth-order valence-electron chi connectivity index (χ4n) is 12.7. The maximum atomic E-state index is 13.1. The molecule has 600 valence electrons. The standard InChI is InChI=1S/C82H160O17P2/c1-7-9-11-13-15-17-19-20-21-22-23-24-25-26-27-30-34-38-42-48-55-61-67-82(87)98-77(70-92-79(84)64-58-52-46-40-37-33-31-28-29-32-36-39-44-50-56-62-74(3)4)72-96-100(88,89)94-68-76(83)69-95-101(90,91)97-73-78(71-93-80(85)65-59-53-49-43-45-51-57-63-75(5)6)99-81(86)66-60-54-47-41-35-18-16-14-12-10-8-2/h74-78,83H,7-73H2,1-6H3,(H,88,89)(H,90,91)/t76-,77-,78-/m1/s1. The second kappa shape index (κ2) is 73.6. The topological polar surface area (TPSA) is 237 Å². The van der Waals surface area contributed by atoms with Crippen LogP contribution in [0.5, 0.6) is 0 Å². The van der Waals surface area contributed by atoms with Gasteiger partial charge in [0.15, 0.2) is 12.2 Å². The lowest BCUT2D eigenvalue weighted by atomic mass is 10.0. The molecule has 2 unspecified atom stereocenters. The van der Waals surface area contributed by atoms with Gasteiger partial charge in [0, 0.05) is 25.7 Å². The highest BCUT2D eigenvalue weighted by Gasteiger charge is 2.30. The quantitative estimate of drug-likeness (QED) is 0.0222. The molecule has 17 nitrogen and oxygen atoms in total. The molecule has 0 radical (unpaired) electrons. The summed E-state index contributed by atoms with van der Waals surface area (Å²) in [4.78, 5) is 73.0.